The van der Waals surface area contributed by atoms with E-state index in [1.165, 1.54) is 0 Å². The van der Waals surface area contributed by atoms with Gasteiger partial charge in [-0.2, -0.15) is 0 Å². The number of benzene rings is 1. The Kier molecular flexibility index (Phi) is 3.92. The number of aromatic nitrogens is 2. The van der Waals surface area contributed by atoms with Gasteiger partial charge >= 0.3 is 5.97 Å². The molecule has 1 heterocycles. The van der Waals surface area contributed by atoms with E-state index < -0.39 is 5.97 Å². The van der Waals surface area contributed by atoms with E-state index in [9.17, 15) is 4.79 Å². The molecule has 1 aromatic carbocycles. The molecule has 6 heteroatoms. The van der Waals surface area contributed by atoms with Gasteiger partial charge in [0.2, 0.25) is 0 Å². The number of methoxy groups -OCH3 is 1. The van der Waals surface area contributed by atoms with E-state index >= 15 is 0 Å². The Morgan fingerprint density at radius 3 is 2.68 bits per heavy atom. The Bertz CT molecular complexity index is 570. The lowest BCUT2D eigenvalue weighted by Gasteiger charge is -2.05. The minimum absolute atomic E-state index is 0.181. The Morgan fingerprint density at radius 2 is 2.05 bits per heavy atom. The number of carboxylic acid groups (broad SMARTS) is 1. The van der Waals surface area contributed by atoms with Crippen LogP contribution in [0, 0.1) is 0 Å². The molecular weight excluding hydrogens is 246 g/mol. The zero-order valence-corrected chi connectivity index (χ0v) is 10.3. The predicted octanol–water partition coefficient (Wildman–Crippen LogP) is 1.65. The Hall–Kier alpha value is -2.63. The van der Waals surface area contributed by atoms with Gasteiger partial charge in [0.25, 0.3) is 0 Å². The zero-order chi connectivity index (χ0) is 13.7. The van der Waals surface area contributed by atoms with Crippen molar-refractivity contribution in [3.63, 3.8) is 0 Å². The number of rotatable bonds is 5. The van der Waals surface area contributed by atoms with E-state index in [0.717, 1.165) is 11.3 Å². The highest BCUT2D eigenvalue weighted by atomic mass is 16.5. The number of nitrogens with one attached hydrogen (secondary N) is 1. The van der Waals surface area contributed by atoms with Crippen molar-refractivity contribution in [1.82, 2.24) is 9.97 Å². The number of hydrogen-bond donors (Lipinski definition) is 2. The molecule has 0 aliphatic heterocycles. The van der Waals surface area contributed by atoms with E-state index in [2.05, 4.69) is 15.3 Å². The fraction of sp³-hybridized carbons (Fsp3) is 0.154. The van der Waals surface area contributed by atoms with Crippen LogP contribution >= 0.6 is 0 Å². The van der Waals surface area contributed by atoms with Crippen molar-refractivity contribution >= 4 is 11.8 Å². The third kappa shape index (κ3) is 3.41. The number of hydrogen-bond acceptors (Lipinski definition) is 5. The molecular formula is C13H13N3O3. The fourth-order valence-electron chi connectivity index (χ4n) is 1.50. The topological polar surface area (TPSA) is 84.3 Å². The van der Waals surface area contributed by atoms with E-state index in [-0.39, 0.29) is 6.54 Å². The lowest BCUT2D eigenvalue weighted by molar-refractivity contribution is -0.134. The monoisotopic (exact) mass is 259 g/mol. The first kappa shape index (κ1) is 12.8. The highest BCUT2D eigenvalue weighted by Crippen LogP contribution is 2.19. The van der Waals surface area contributed by atoms with E-state index in [1.807, 2.05) is 24.3 Å². The molecule has 2 aromatic rings. The summed E-state index contributed by atoms with van der Waals surface area (Å²) >= 11 is 0. The number of ether oxygens (including phenoxy) is 1. The Balaban J connectivity index is 2.19. The molecule has 2 rings (SSSR count). The molecule has 0 aliphatic carbocycles. The van der Waals surface area contributed by atoms with Crippen LogP contribution in [-0.4, -0.2) is 34.7 Å². The number of carboxylic acids is 1. The maximum absolute atomic E-state index is 10.5. The summed E-state index contributed by atoms with van der Waals surface area (Å²) < 4.78 is 5.08. The second-order valence-electron chi connectivity index (χ2n) is 3.74. The molecule has 98 valence electrons. The van der Waals surface area contributed by atoms with Gasteiger partial charge in [-0.3, -0.25) is 4.79 Å². The SMILES string of the molecule is COc1ccc(-c2nccc(NCC(=O)O)n2)cc1. The number of nitrogens with zero attached hydrogens (tertiary/aromatic N) is 2. The average Bonchev–Trinajstić information content (AvgIpc) is 2.45. The lowest BCUT2D eigenvalue weighted by atomic mass is 10.2. The molecule has 0 saturated heterocycles. The smallest absolute Gasteiger partial charge is 0.322 e. The maximum Gasteiger partial charge on any atom is 0.322 e. The molecule has 0 spiro atoms. The third-order valence-electron chi connectivity index (χ3n) is 2.42. The maximum atomic E-state index is 10.5. The fourth-order valence-corrected chi connectivity index (χ4v) is 1.50. The summed E-state index contributed by atoms with van der Waals surface area (Å²) in [6.45, 7) is -0.181. The molecule has 0 aliphatic rings. The summed E-state index contributed by atoms with van der Waals surface area (Å²) in [5.41, 5.74) is 0.833. The quantitative estimate of drug-likeness (QED) is 0.849. The van der Waals surface area contributed by atoms with E-state index in [0.29, 0.717) is 11.6 Å². The first-order chi connectivity index (χ1) is 9.19. The molecule has 0 saturated carbocycles. The van der Waals surface area contributed by atoms with Crippen LogP contribution in [0.3, 0.4) is 0 Å². The van der Waals surface area contributed by atoms with Crippen LogP contribution in [0.4, 0.5) is 5.82 Å². The summed E-state index contributed by atoms with van der Waals surface area (Å²) in [7, 11) is 1.60. The van der Waals surface area contributed by atoms with Gasteiger partial charge in [-0.1, -0.05) is 0 Å². The normalized spacial score (nSPS) is 9.95. The molecule has 19 heavy (non-hydrogen) atoms. The molecule has 0 unspecified atom stereocenters. The van der Waals surface area contributed by atoms with Crippen LogP contribution in [0.25, 0.3) is 11.4 Å². The summed E-state index contributed by atoms with van der Waals surface area (Å²) in [4.78, 5) is 18.9. The molecule has 0 radical (unpaired) electrons. The van der Waals surface area contributed by atoms with Crippen molar-refractivity contribution < 1.29 is 14.6 Å². The third-order valence-corrected chi connectivity index (χ3v) is 2.42. The van der Waals surface area contributed by atoms with Gasteiger partial charge in [0.1, 0.15) is 18.1 Å². The van der Waals surface area contributed by atoms with Gasteiger partial charge in [-0.15, -0.1) is 0 Å². The van der Waals surface area contributed by atoms with E-state index in [1.54, 1.807) is 19.4 Å². The Labute approximate surface area is 110 Å². The molecule has 0 bridgehead atoms. The standard InChI is InChI=1S/C13H13N3O3/c1-19-10-4-2-9(3-5-10)13-14-7-6-11(16-13)15-8-12(17)18/h2-7H,8H2,1H3,(H,17,18)(H,14,15,16). The van der Waals surface area contributed by atoms with Crippen molar-refractivity contribution in [3.05, 3.63) is 36.5 Å². The van der Waals surface area contributed by atoms with Gasteiger partial charge in [0.05, 0.1) is 7.11 Å². The summed E-state index contributed by atoms with van der Waals surface area (Å²) in [6.07, 6.45) is 1.58. The Morgan fingerprint density at radius 1 is 1.32 bits per heavy atom. The summed E-state index contributed by atoms with van der Waals surface area (Å²) in [5.74, 6) is 0.815. The number of carbonyl (C=O) groups is 1. The highest BCUT2D eigenvalue weighted by Gasteiger charge is 2.04. The van der Waals surface area contributed by atoms with Gasteiger partial charge in [0, 0.05) is 11.8 Å². The molecule has 0 fully saturated rings. The van der Waals surface area contributed by atoms with Crippen molar-refractivity contribution in [1.29, 1.82) is 0 Å². The largest absolute Gasteiger partial charge is 0.497 e. The van der Waals surface area contributed by atoms with Crippen LogP contribution in [-0.2, 0) is 4.79 Å². The van der Waals surface area contributed by atoms with Crippen molar-refractivity contribution in [3.8, 4) is 17.1 Å². The summed E-state index contributed by atoms with van der Waals surface area (Å²) in [6, 6.07) is 8.94. The second-order valence-corrected chi connectivity index (χ2v) is 3.74. The minimum Gasteiger partial charge on any atom is -0.497 e. The van der Waals surface area contributed by atoms with Crippen LogP contribution in [0.1, 0.15) is 0 Å². The van der Waals surface area contributed by atoms with Crippen molar-refractivity contribution in [2.45, 2.75) is 0 Å². The van der Waals surface area contributed by atoms with Gasteiger partial charge in [0.15, 0.2) is 5.82 Å². The molecule has 2 N–H and O–H groups in total. The van der Waals surface area contributed by atoms with Gasteiger partial charge in [-0.25, -0.2) is 9.97 Å². The second kappa shape index (κ2) is 5.81. The minimum atomic E-state index is -0.940. The van der Waals surface area contributed by atoms with Crippen molar-refractivity contribution in [2.24, 2.45) is 0 Å². The zero-order valence-electron chi connectivity index (χ0n) is 10.3. The molecule has 0 atom stereocenters. The number of anilines is 1. The highest BCUT2D eigenvalue weighted by molar-refractivity contribution is 5.72. The number of aliphatic carboxylic acids is 1. The van der Waals surface area contributed by atoms with Crippen LogP contribution < -0.4 is 10.1 Å². The lowest BCUT2D eigenvalue weighted by Crippen LogP contribution is -2.13. The van der Waals surface area contributed by atoms with E-state index in [4.69, 9.17) is 9.84 Å². The molecule has 6 nitrogen and oxygen atoms in total. The van der Waals surface area contributed by atoms with Gasteiger partial charge < -0.3 is 15.2 Å². The first-order valence-electron chi connectivity index (χ1n) is 5.62. The first-order valence-corrected chi connectivity index (χ1v) is 5.62. The van der Waals surface area contributed by atoms with Gasteiger partial charge in [-0.05, 0) is 30.3 Å². The summed E-state index contributed by atoms with van der Waals surface area (Å²) in [5, 5.41) is 11.3. The van der Waals surface area contributed by atoms with Crippen LogP contribution in [0.2, 0.25) is 0 Å². The van der Waals surface area contributed by atoms with Crippen molar-refractivity contribution in [2.75, 3.05) is 19.0 Å². The molecule has 0 amide bonds. The molecule has 1 aromatic heterocycles. The van der Waals surface area contributed by atoms with Crippen LogP contribution in [0.5, 0.6) is 5.75 Å². The predicted molar refractivity (Wildman–Crippen MR) is 70.1 cm³/mol. The average molecular weight is 259 g/mol. The van der Waals surface area contributed by atoms with Crippen LogP contribution in [0.15, 0.2) is 36.5 Å².